The second kappa shape index (κ2) is 10.7. The van der Waals surface area contributed by atoms with E-state index in [-0.39, 0.29) is 16.3 Å². The Morgan fingerprint density at radius 2 is 1.70 bits per heavy atom. The van der Waals surface area contributed by atoms with Crippen molar-refractivity contribution in [3.63, 3.8) is 0 Å². The van der Waals surface area contributed by atoms with Gasteiger partial charge in [0.1, 0.15) is 0 Å². The zero-order valence-corrected chi connectivity index (χ0v) is 18.9. The molecule has 6 heteroatoms. The first-order valence-electron chi connectivity index (χ1n) is 9.80. The predicted octanol–water partition coefficient (Wildman–Crippen LogP) is 5.15. The summed E-state index contributed by atoms with van der Waals surface area (Å²) in [5.74, 6) is 4.35. The average Bonchev–Trinajstić information content (AvgIpc) is 2.63. The van der Waals surface area contributed by atoms with E-state index in [4.69, 9.17) is 14.2 Å². The van der Waals surface area contributed by atoms with Crippen molar-refractivity contribution in [2.24, 2.45) is 0 Å². The molecular weight excluding hydrogens is 380 g/mol. The van der Waals surface area contributed by atoms with Crippen LogP contribution in [-0.2, 0) is 6.42 Å². The highest BCUT2D eigenvalue weighted by Crippen LogP contribution is 2.49. The number of ether oxygens (including phenoxy) is 3. The van der Waals surface area contributed by atoms with Gasteiger partial charge in [-0.2, -0.15) is 0 Å². The topological polar surface area (TPSA) is 47.9 Å². The van der Waals surface area contributed by atoms with Gasteiger partial charge in [0.2, 0.25) is 5.75 Å². The summed E-state index contributed by atoms with van der Waals surface area (Å²) in [5, 5.41) is 10.5. The predicted molar refractivity (Wildman–Crippen MR) is 117 cm³/mol. The largest absolute Gasteiger partial charge is 0.493 e. The molecule has 0 bridgehead atoms. The number of aliphatic hydroxyl groups excluding tert-OH is 1. The summed E-state index contributed by atoms with van der Waals surface area (Å²) < 4.78 is 17.1. The van der Waals surface area contributed by atoms with Crippen LogP contribution in [0.2, 0.25) is 0 Å². The lowest BCUT2D eigenvalue weighted by atomic mass is 10.0. The fourth-order valence-corrected chi connectivity index (χ4v) is 6.90. The molecule has 27 heavy (non-hydrogen) atoms. The molecule has 0 unspecified atom stereocenters. The summed E-state index contributed by atoms with van der Waals surface area (Å²) >= 11 is 3.98. The van der Waals surface area contributed by atoms with Crippen LogP contribution in [-0.4, -0.2) is 47.1 Å². The number of rotatable bonds is 10. The summed E-state index contributed by atoms with van der Waals surface area (Å²) in [6.07, 6.45) is 4.57. The molecule has 1 atom stereocenters. The lowest BCUT2D eigenvalue weighted by molar-refractivity contribution is 0.149. The minimum Gasteiger partial charge on any atom is -0.493 e. The van der Waals surface area contributed by atoms with Crippen molar-refractivity contribution in [3.05, 3.63) is 17.7 Å². The molecule has 1 fully saturated rings. The molecule has 1 aliphatic heterocycles. The van der Waals surface area contributed by atoms with Crippen molar-refractivity contribution in [3.8, 4) is 17.2 Å². The van der Waals surface area contributed by atoms with Gasteiger partial charge in [-0.15, -0.1) is 23.5 Å². The van der Waals surface area contributed by atoms with Crippen molar-refractivity contribution in [2.75, 3.05) is 25.7 Å². The first-order valence-corrected chi connectivity index (χ1v) is 11.8. The van der Waals surface area contributed by atoms with Crippen LogP contribution in [0.4, 0.5) is 0 Å². The standard InChI is InChI=1S/C21H34O4S2/c1-6-8-17(22)14-21(26-9-7-10-27-21)13-16-11-18(23-4)20(25-15(2)3)19(12-16)24-5/h11-12,15,17,22H,6-10,13-14H2,1-5H3/t17-/m0/s1. The third-order valence-electron chi connectivity index (χ3n) is 4.53. The summed E-state index contributed by atoms with van der Waals surface area (Å²) in [4.78, 5) is 0. The normalized spacial score (nSPS) is 17.6. The van der Waals surface area contributed by atoms with Gasteiger partial charge in [-0.05, 0) is 68.7 Å². The minimum absolute atomic E-state index is 0.00326. The van der Waals surface area contributed by atoms with Crippen molar-refractivity contribution in [1.29, 1.82) is 0 Å². The lowest BCUT2D eigenvalue weighted by Gasteiger charge is -2.38. The highest BCUT2D eigenvalue weighted by molar-refractivity contribution is 8.18. The molecule has 1 saturated heterocycles. The number of methoxy groups -OCH3 is 2. The SMILES string of the molecule is CCC[C@H](O)CC1(Cc2cc(OC)c(OC(C)C)c(OC)c2)SCCCS1. The number of hydrogen-bond acceptors (Lipinski definition) is 6. The average molecular weight is 415 g/mol. The smallest absolute Gasteiger partial charge is 0.203 e. The van der Waals surface area contributed by atoms with Gasteiger partial charge in [0.25, 0.3) is 0 Å². The van der Waals surface area contributed by atoms with E-state index in [1.165, 1.54) is 6.42 Å². The quantitative estimate of drug-likeness (QED) is 0.571. The number of hydrogen-bond donors (Lipinski definition) is 1. The molecule has 0 spiro atoms. The molecule has 4 nitrogen and oxygen atoms in total. The molecule has 1 N–H and O–H groups in total. The van der Waals surface area contributed by atoms with Crippen LogP contribution >= 0.6 is 23.5 Å². The Labute approximate surface area is 172 Å². The Morgan fingerprint density at radius 1 is 1.11 bits per heavy atom. The monoisotopic (exact) mass is 414 g/mol. The summed E-state index contributed by atoms with van der Waals surface area (Å²) in [7, 11) is 3.33. The van der Waals surface area contributed by atoms with Gasteiger partial charge in [0.15, 0.2) is 11.5 Å². The van der Waals surface area contributed by atoms with Gasteiger partial charge >= 0.3 is 0 Å². The lowest BCUT2D eigenvalue weighted by Crippen LogP contribution is -2.32. The molecular formula is C21H34O4S2. The first-order chi connectivity index (χ1) is 12.9. The van der Waals surface area contributed by atoms with Crippen molar-refractivity contribution < 1.29 is 19.3 Å². The fraction of sp³-hybridized carbons (Fsp3) is 0.714. The number of aliphatic hydroxyl groups is 1. The molecule has 154 valence electrons. The molecule has 0 aromatic heterocycles. The van der Waals surface area contributed by atoms with E-state index in [9.17, 15) is 5.11 Å². The van der Waals surface area contributed by atoms with Crippen LogP contribution in [0.5, 0.6) is 17.2 Å². The Bertz CT molecular complexity index is 561. The molecule has 1 aliphatic rings. The van der Waals surface area contributed by atoms with E-state index in [1.807, 2.05) is 37.4 Å². The third-order valence-corrected chi connectivity index (χ3v) is 7.90. The Hall–Kier alpha value is -0.720. The van der Waals surface area contributed by atoms with Crippen LogP contribution in [0.1, 0.15) is 52.0 Å². The summed E-state index contributed by atoms with van der Waals surface area (Å²) in [6, 6.07) is 4.12. The number of thioether (sulfide) groups is 2. The van der Waals surface area contributed by atoms with Gasteiger partial charge in [-0.3, -0.25) is 0 Å². The van der Waals surface area contributed by atoms with Gasteiger partial charge in [0.05, 0.1) is 30.5 Å². The Morgan fingerprint density at radius 3 is 2.19 bits per heavy atom. The third kappa shape index (κ3) is 6.40. The summed E-state index contributed by atoms with van der Waals surface area (Å²) in [6.45, 7) is 6.11. The first kappa shape index (κ1) is 22.6. The highest BCUT2D eigenvalue weighted by atomic mass is 32.2. The van der Waals surface area contributed by atoms with Crippen LogP contribution in [0.15, 0.2) is 12.1 Å². The maximum atomic E-state index is 10.5. The Kier molecular flexibility index (Phi) is 8.96. The highest BCUT2D eigenvalue weighted by Gasteiger charge is 2.36. The molecule has 0 aliphatic carbocycles. The van der Waals surface area contributed by atoms with Crippen LogP contribution in [0.25, 0.3) is 0 Å². The summed E-state index contributed by atoms with van der Waals surface area (Å²) in [5.41, 5.74) is 1.16. The van der Waals surface area contributed by atoms with Crippen molar-refractivity contribution >= 4 is 23.5 Å². The van der Waals surface area contributed by atoms with E-state index in [0.717, 1.165) is 42.8 Å². The van der Waals surface area contributed by atoms with Gasteiger partial charge < -0.3 is 19.3 Å². The molecule has 1 aromatic rings. The maximum absolute atomic E-state index is 10.5. The molecule has 0 saturated carbocycles. The number of benzene rings is 1. The Balaban J connectivity index is 2.31. The van der Waals surface area contributed by atoms with Crippen LogP contribution < -0.4 is 14.2 Å². The van der Waals surface area contributed by atoms with Gasteiger partial charge in [-0.25, -0.2) is 0 Å². The maximum Gasteiger partial charge on any atom is 0.203 e. The second-order valence-corrected chi connectivity index (χ2v) is 10.5. The molecule has 0 radical (unpaired) electrons. The molecule has 0 amide bonds. The van der Waals surface area contributed by atoms with E-state index in [1.54, 1.807) is 14.2 Å². The van der Waals surface area contributed by atoms with Crippen LogP contribution in [0, 0.1) is 0 Å². The van der Waals surface area contributed by atoms with Crippen molar-refractivity contribution in [2.45, 2.75) is 69.2 Å². The second-order valence-electron chi connectivity index (χ2n) is 7.28. The molecule has 1 heterocycles. The zero-order chi connectivity index (χ0) is 19.9. The van der Waals surface area contributed by atoms with E-state index in [0.29, 0.717) is 17.2 Å². The van der Waals surface area contributed by atoms with E-state index >= 15 is 0 Å². The van der Waals surface area contributed by atoms with Gasteiger partial charge in [0, 0.05) is 0 Å². The van der Waals surface area contributed by atoms with Crippen molar-refractivity contribution in [1.82, 2.24) is 0 Å². The van der Waals surface area contributed by atoms with E-state index < -0.39 is 0 Å². The minimum atomic E-state index is -0.250. The molecule has 2 rings (SSSR count). The zero-order valence-electron chi connectivity index (χ0n) is 17.2. The van der Waals surface area contributed by atoms with Crippen LogP contribution in [0.3, 0.4) is 0 Å². The molecule has 1 aromatic carbocycles. The van der Waals surface area contributed by atoms with Gasteiger partial charge in [-0.1, -0.05) is 13.3 Å². The fourth-order valence-electron chi connectivity index (χ4n) is 3.40. The van der Waals surface area contributed by atoms with E-state index in [2.05, 4.69) is 19.1 Å².